The minimum absolute atomic E-state index is 0.116. The Morgan fingerprint density at radius 2 is 1.68 bits per heavy atom. The molecule has 0 amide bonds. The Balaban J connectivity index is 2.00. The molecule has 0 radical (unpaired) electrons. The van der Waals surface area contributed by atoms with Gasteiger partial charge in [-0.25, -0.2) is 12.8 Å². The first kappa shape index (κ1) is 25.5. The molecular weight excluding hydrogens is 455 g/mol. The summed E-state index contributed by atoms with van der Waals surface area (Å²) in [7, 11) is -2.50. The monoisotopic (exact) mass is 486 g/mol. The zero-order valence-corrected chi connectivity index (χ0v) is 20.7. The van der Waals surface area contributed by atoms with E-state index in [1.807, 2.05) is 20.8 Å². The summed E-state index contributed by atoms with van der Waals surface area (Å²) < 4.78 is 53.6. The van der Waals surface area contributed by atoms with Crippen molar-refractivity contribution in [1.82, 2.24) is 0 Å². The van der Waals surface area contributed by atoms with Crippen LogP contribution in [0.5, 0.6) is 5.75 Å². The summed E-state index contributed by atoms with van der Waals surface area (Å²) in [5, 5.41) is 0. The molecular formula is C26H31FN2O4S. The molecule has 0 aliphatic carbocycles. The number of halogens is 1. The first-order valence-electron chi connectivity index (χ1n) is 11.0. The summed E-state index contributed by atoms with van der Waals surface area (Å²) in [5.74, 6) is 0.00151. The van der Waals surface area contributed by atoms with Crippen molar-refractivity contribution in [3.05, 3.63) is 72.5 Å². The smallest absolute Gasteiger partial charge is 0.264 e. The van der Waals surface area contributed by atoms with Gasteiger partial charge in [-0.3, -0.25) is 4.31 Å². The van der Waals surface area contributed by atoms with Crippen molar-refractivity contribution in [3.63, 3.8) is 0 Å². The number of benzene rings is 3. The first-order valence-corrected chi connectivity index (χ1v) is 12.4. The van der Waals surface area contributed by atoms with Gasteiger partial charge in [-0.15, -0.1) is 0 Å². The van der Waals surface area contributed by atoms with Crippen molar-refractivity contribution < 1.29 is 22.3 Å². The van der Waals surface area contributed by atoms with Crippen LogP contribution in [0.4, 0.5) is 15.8 Å². The van der Waals surface area contributed by atoms with E-state index in [0.717, 1.165) is 0 Å². The number of methoxy groups -OCH3 is 1. The number of rotatable bonds is 9. The second-order valence-electron chi connectivity index (χ2n) is 8.86. The first-order chi connectivity index (χ1) is 16.0. The van der Waals surface area contributed by atoms with E-state index < -0.39 is 10.0 Å². The maximum atomic E-state index is 13.9. The lowest BCUT2D eigenvalue weighted by Crippen LogP contribution is -2.33. The van der Waals surface area contributed by atoms with Crippen molar-refractivity contribution in [2.75, 3.05) is 30.3 Å². The van der Waals surface area contributed by atoms with E-state index >= 15 is 0 Å². The molecule has 0 saturated carbocycles. The Bertz CT molecular complexity index is 1220. The van der Waals surface area contributed by atoms with E-state index in [-0.39, 0.29) is 22.9 Å². The van der Waals surface area contributed by atoms with E-state index in [9.17, 15) is 12.8 Å². The normalized spacial score (nSPS) is 11.9. The van der Waals surface area contributed by atoms with Crippen LogP contribution in [0.25, 0.3) is 11.1 Å². The van der Waals surface area contributed by atoms with Gasteiger partial charge >= 0.3 is 0 Å². The molecule has 0 heterocycles. The molecule has 6 nitrogen and oxygen atoms in total. The minimum Gasteiger partial charge on any atom is -0.494 e. The van der Waals surface area contributed by atoms with E-state index in [0.29, 0.717) is 41.3 Å². The second kappa shape index (κ2) is 10.4. The van der Waals surface area contributed by atoms with Crippen LogP contribution in [-0.2, 0) is 14.8 Å². The van der Waals surface area contributed by atoms with Gasteiger partial charge in [0.1, 0.15) is 11.6 Å². The summed E-state index contributed by atoms with van der Waals surface area (Å²) >= 11 is 0. The number of anilines is 2. The van der Waals surface area contributed by atoms with Gasteiger partial charge in [0.15, 0.2) is 0 Å². The summed E-state index contributed by atoms with van der Waals surface area (Å²) in [6, 6.07) is 17.4. The van der Waals surface area contributed by atoms with Gasteiger partial charge in [-0.2, -0.15) is 0 Å². The van der Waals surface area contributed by atoms with Crippen LogP contribution in [0.3, 0.4) is 0 Å². The van der Waals surface area contributed by atoms with Crippen LogP contribution >= 0.6 is 0 Å². The van der Waals surface area contributed by atoms with Crippen LogP contribution in [0.15, 0.2) is 71.6 Å². The van der Waals surface area contributed by atoms with Crippen molar-refractivity contribution >= 4 is 21.4 Å². The highest BCUT2D eigenvalue weighted by Crippen LogP contribution is 2.35. The average Bonchev–Trinajstić information content (AvgIpc) is 2.79. The number of nitrogens with two attached hydrogens (primary N) is 1. The maximum Gasteiger partial charge on any atom is 0.264 e. The fourth-order valence-corrected chi connectivity index (χ4v) is 5.02. The van der Waals surface area contributed by atoms with Crippen molar-refractivity contribution in [3.8, 4) is 16.9 Å². The molecule has 0 spiro atoms. The number of hydrogen-bond acceptors (Lipinski definition) is 5. The van der Waals surface area contributed by atoms with E-state index in [1.165, 1.54) is 23.5 Å². The van der Waals surface area contributed by atoms with Crippen molar-refractivity contribution in [2.24, 2.45) is 0 Å². The molecule has 2 N–H and O–H groups in total. The SMILES string of the molecule is COc1cc(N)ccc1N(CCCOC(C)(C)C)S(=O)(=O)c1cccc(-c2ccc(F)cc2)c1. The fraction of sp³-hybridized carbons (Fsp3) is 0.308. The standard InChI is InChI=1S/C26H31FN2O4S/c1-26(2,3)33-16-6-15-29(24-14-13-22(28)18-25(24)32-4)34(30,31)23-8-5-7-20(17-23)19-9-11-21(27)12-10-19/h5,7-14,17-18H,6,15-16,28H2,1-4H3. The lowest BCUT2D eigenvalue weighted by atomic mass is 10.1. The number of nitrogen functional groups attached to an aromatic ring is 1. The second-order valence-corrected chi connectivity index (χ2v) is 10.7. The quantitative estimate of drug-likeness (QED) is 0.320. The number of nitrogens with zero attached hydrogens (tertiary/aromatic N) is 1. The molecule has 0 saturated heterocycles. The Hall–Kier alpha value is -3.10. The third-order valence-electron chi connectivity index (χ3n) is 5.11. The van der Waals surface area contributed by atoms with Gasteiger partial charge < -0.3 is 15.2 Å². The van der Waals surface area contributed by atoms with Gasteiger partial charge in [-0.05, 0) is 74.7 Å². The number of ether oxygens (including phenoxy) is 2. The highest BCUT2D eigenvalue weighted by Gasteiger charge is 2.28. The molecule has 0 fully saturated rings. The molecule has 34 heavy (non-hydrogen) atoms. The lowest BCUT2D eigenvalue weighted by molar-refractivity contribution is -0.00302. The number of hydrogen-bond donors (Lipinski definition) is 1. The molecule has 3 rings (SSSR count). The third-order valence-corrected chi connectivity index (χ3v) is 6.92. The molecule has 3 aromatic carbocycles. The van der Waals surface area contributed by atoms with E-state index in [4.69, 9.17) is 15.2 Å². The summed E-state index contributed by atoms with van der Waals surface area (Å²) in [4.78, 5) is 0.116. The Morgan fingerprint density at radius 3 is 2.32 bits per heavy atom. The zero-order valence-electron chi connectivity index (χ0n) is 19.9. The van der Waals surface area contributed by atoms with E-state index in [2.05, 4.69) is 0 Å². The van der Waals surface area contributed by atoms with Crippen LogP contribution in [-0.4, -0.2) is 34.3 Å². The molecule has 0 aromatic heterocycles. The van der Waals surface area contributed by atoms with Crippen LogP contribution in [0.1, 0.15) is 27.2 Å². The van der Waals surface area contributed by atoms with Gasteiger partial charge in [-0.1, -0.05) is 24.3 Å². The van der Waals surface area contributed by atoms with Crippen LogP contribution < -0.4 is 14.8 Å². The van der Waals surface area contributed by atoms with E-state index in [1.54, 1.807) is 54.6 Å². The molecule has 0 aliphatic rings. The fourth-order valence-electron chi connectivity index (χ4n) is 3.46. The topological polar surface area (TPSA) is 81.9 Å². The summed E-state index contributed by atoms with van der Waals surface area (Å²) in [6.45, 7) is 6.42. The minimum atomic E-state index is -3.97. The van der Waals surface area contributed by atoms with Crippen molar-refractivity contribution in [1.29, 1.82) is 0 Å². The van der Waals surface area contributed by atoms with Gasteiger partial charge in [0.2, 0.25) is 0 Å². The molecule has 0 aliphatic heterocycles. The van der Waals surface area contributed by atoms with Gasteiger partial charge in [0.05, 0.1) is 23.3 Å². The maximum absolute atomic E-state index is 13.9. The highest BCUT2D eigenvalue weighted by molar-refractivity contribution is 7.92. The Kier molecular flexibility index (Phi) is 7.84. The Labute approximate surface area is 201 Å². The average molecular weight is 487 g/mol. The molecule has 3 aromatic rings. The molecule has 182 valence electrons. The Morgan fingerprint density at radius 1 is 0.971 bits per heavy atom. The van der Waals surface area contributed by atoms with Gasteiger partial charge in [0, 0.05) is 24.9 Å². The predicted octanol–water partition coefficient (Wildman–Crippen LogP) is 5.48. The lowest BCUT2D eigenvalue weighted by Gasteiger charge is -2.27. The van der Waals surface area contributed by atoms with Crippen LogP contribution in [0, 0.1) is 5.82 Å². The summed E-state index contributed by atoms with van der Waals surface area (Å²) in [5.41, 5.74) is 7.80. The third kappa shape index (κ3) is 6.27. The zero-order chi connectivity index (χ0) is 24.9. The summed E-state index contributed by atoms with van der Waals surface area (Å²) in [6.07, 6.45) is 0.474. The van der Waals surface area contributed by atoms with Gasteiger partial charge in [0.25, 0.3) is 10.0 Å². The molecule has 0 bridgehead atoms. The molecule has 0 atom stereocenters. The predicted molar refractivity (Wildman–Crippen MR) is 134 cm³/mol. The number of sulfonamides is 1. The van der Waals surface area contributed by atoms with Crippen molar-refractivity contribution in [2.45, 2.75) is 37.7 Å². The largest absolute Gasteiger partial charge is 0.494 e. The van der Waals surface area contributed by atoms with Crippen LogP contribution in [0.2, 0.25) is 0 Å². The highest BCUT2D eigenvalue weighted by atomic mass is 32.2. The molecule has 8 heteroatoms. The molecule has 0 unspecified atom stereocenters.